The van der Waals surface area contributed by atoms with Crippen molar-refractivity contribution in [2.24, 2.45) is 0 Å². The molecule has 0 amide bonds. The number of carboxylic acids is 1. The van der Waals surface area contributed by atoms with Crippen molar-refractivity contribution < 1.29 is 23.1 Å². The molecule has 0 saturated heterocycles. The molecule has 0 fully saturated rings. The largest absolute Gasteiger partial charge is 0.480 e. The Bertz CT molecular complexity index is 716. The third kappa shape index (κ3) is 6.19. The van der Waals surface area contributed by atoms with Gasteiger partial charge in [0.15, 0.2) is 0 Å². The Morgan fingerprint density at radius 2 is 1.73 bits per heavy atom. The highest BCUT2D eigenvalue weighted by atomic mass is 19.4. The van der Waals surface area contributed by atoms with Crippen LogP contribution in [0.25, 0.3) is 0 Å². The SMILES string of the molecule is CC(CCc1cccc(C(F)(F)F)c1)N[C@H](Cc1ccccc1)C(=O)O. The average Bonchev–Trinajstić information content (AvgIpc) is 2.60. The summed E-state index contributed by atoms with van der Waals surface area (Å²) in [7, 11) is 0. The average molecular weight is 365 g/mol. The van der Waals surface area contributed by atoms with Gasteiger partial charge in [0.1, 0.15) is 6.04 Å². The van der Waals surface area contributed by atoms with Gasteiger partial charge < -0.3 is 10.4 Å². The quantitative estimate of drug-likeness (QED) is 0.733. The van der Waals surface area contributed by atoms with E-state index in [0.717, 1.165) is 17.7 Å². The highest BCUT2D eigenvalue weighted by Crippen LogP contribution is 2.29. The Balaban J connectivity index is 1.92. The lowest BCUT2D eigenvalue weighted by Crippen LogP contribution is -2.43. The lowest BCUT2D eigenvalue weighted by atomic mass is 10.0. The second-order valence-corrected chi connectivity index (χ2v) is 6.39. The summed E-state index contributed by atoms with van der Waals surface area (Å²) in [5.74, 6) is -0.945. The van der Waals surface area contributed by atoms with E-state index in [-0.39, 0.29) is 6.04 Å². The van der Waals surface area contributed by atoms with E-state index in [2.05, 4.69) is 5.32 Å². The molecule has 2 rings (SSSR count). The van der Waals surface area contributed by atoms with E-state index < -0.39 is 23.8 Å². The van der Waals surface area contributed by atoms with Gasteiger partial charge in [0.2, 0.25) is 0 Å². The van der Waals surface area contributed by atoms with Crippen LogP contribution in [-0.4, -0.2) is 23.2 Å². The minimum Gasteiger partial charge on any atom is -0.480 e. The molecular formula is C20H22F3NO2. The van der Waals surface area contributed by atoms with Crippen molar-refractivity contribution in [3.05, 3.63) is 71.3 Å². The Morgan fingerprint density at radius 1 is 1.08 bits per heavy atom. The first-order chi connectivity index (χ1) is 12.3. The number of aryl methyl sites for hydroxylation is 1. The van der Waals surface area contributed by atoms with Crippen LogP contribution in [0.15, 0.2) is 54.6 Å². The van der Waals surface area contributed by atoms with E-state index in [0.29, 0.717) is 24.8 Å². The molecule has 0 aliphatic carbocycles. The molecular weight excluding hydrogens is 343 g/mol. The second kappa shape index (κ2) is 8.85. The molecule has 2 aromatic rings. The van der Waals surface area contributed by atoms with Gasteiger partial charge in [-0.1, -0.05) is 48.5 Å². The molecule has 0 saturated carbocycles. The summed E-state index contributed by atoms with van der Waals surface area (Å²) in [6, 6.07) is 13.7. The minimum absolute atomic E-state index is 0.144. The molecule has 0 heterocycles. The van der Waals surface area contributed by atoms with Crippen molar-refractivity contribution in [1.82, 2.24) is 5.32 Å². The van der Waals surface area contributed by atoms with Gasteiger partial charge in [-0.3, -0.25) is 4.79 Å². The van der Waals surface area contributed by atoms with Crippen molar-refractivity contribution in [2.75, 3.05) is 0 Å². The van der Waals surface area contributed by atoms with Crippen LogP contribution in [-0.2, 0) is 23.8 Å². The number of nitrogens with one attached hydrogen (secondary N) is 1. The minimum atomic E-state index is -4.36. The molecule has 26 heavy (non-hydrogen) atoms. The number of hydrogen-bond acceptors (Lipinski definition) is 2. The summed E-state index contributed by atoms with van der Waals surface area (Å²) >= 11 is 0. The Kier molecular flexibility index (Phi) is 6.80. The van der Waals surface area contributed by atoms with Gasteiger partial charge in [0.05, 0.1) is 5.56 Å². The van der Waals surface area contributed by atoms with E-state index in [1.54, 1.807) is 6.07 Å². The van der Waals surface area contributed by atoms with E-state index >= 15 is 0 Å². The van der Waals surface area contributed by atoms with E-state index in [1.165, 1.54) is 6.07 Å². The number of carbonyl (C=O) groups is 1. The molecule has 6 heteroatoms. The van der Waals surface area contributed by atoms with E-state index in [4.69, 9.17) is 0 Å². The van der Waals surface area contributed by atoms with Crippen molar-refractivity contribution in [3.8, 4) is 0 Å². The predicted molar refractivity (Wildman–Crippen MR) is 93.9 cm³/mol. The number of alkyl halides is 3. The third-order valence-corrected chi connectivity index (χ3v) is 4.19. The fraction of sp³-hybridized carbons (Fsp3) is 0.350. The van der Waals surface area contributed by atoms with E-state index in [1.807, 2.05) is 37.3 Å². The molecule has 0 bridgehead atoms. The Morgan fingerprint density at radius 3 is 2.35 bits per heavy atom. The monoisotopic (exact) mass is 365 g/mol. The molecule has 0 aromatic heterocycles. The van der Waals surface area contributed by atoms with Crippen LogP contribution >= 0.6 is 0 Å². The van der Waals surface area contributed by atoms with Crippen molar-refractivity contribution in [2.45, 2.75) is 44.4 Å². The third-order valence-electron chi connectivity index (χ3n) is 4.19. The molecule has 0 radical (unpaired) electrons. The first-order valence-corrected chi connectivity index (χ1v) is 8.44. The van der Waals surface area contributed by atoms with Crippen LogP contribution in [0.1, 0.15) is 30.0 Å². The number of benzene rings is 2. The van der Waals surface area contributed by atoms with Crippen LogP contribution in [0.3, 0.4) is 0 Å². The Hall–Kier alpha value is -2.34. The van der Waals surface area contributed by atoms with Gasteiger partial charge in [0, 0.05) is 6.04 Å². The highest BCUT2D eigenvalue weighted by molar-refractivity contribution is 5.74. The summed E-state index contributed by atoms with van der Waals surface area (Å²) in [6.07, 6.45) is -3.02. The van der Waals surface area contributed by atoms with Crippen molar-refractivity contribution in [3.63, 3.8) is 0 Å². The Labute approximate surface area is 150 Å². The lowest BCUT2D eigenvalue weighted by molar-refractivity contribution is -0.140. The van der Waals surface area contributed by atoms with Crippen molar-refractivity contribution >= 4 is 5.97 Å². The summed E-state index contributed by atoms with van der Waals surface area (Å²) in [6.45, 7) is 1.84. The molecule has 0 spiro atoms. The van der Waals surface area contributed by atoms with Crippen LogP contribution < -0.4 is 5.32 Å². The predicted octanol–water partition coefficient (Wildman–Crippen LogP) is 4.31. The fourth-order valence-corrected chi connectivity index (χ4v) is 2.78. The first-order valence-electron chi connectivity index (χ1n) is 8.44. The summed E-state index contributed by atoms with van der Waals surface area (Å²) in [5, 5.41) is 12.5. The number of aliphatic carboxylic acids is 1. The van der Waals surface area contributed by atoms with Gasteiger partial charge in [-0.25, -0.2) is 0 Å². The van der Waals surface area contributed by atoms with Gasteiger partial charge >= 0.3 is 12.1 Å². The molecule has 2 aromatic carbocycles. The zero-order valence-electron chi connectivity index (χ0n) is 14.5. The molecule has 2 N–H and O–H groups in total. The molecule has 3 nitrogen and oxygen atoms in total. The van der Waals surface area contributed by atoms with Crippen LogP contribution in [0.2, 0.25) is 0 Å². The van der Waals surface area contributed by atoms with Gasteiger partial charge in [0.25, 0.3) is 0 Å². The zero-order valence-corrected chi connectivity index (χ0v) is 14.5. The summed E-state index contributed by atoms with van der Waals surface area (Å²) in [4.78, 5) is 11.5. The molecule has 0 aliphatic heterocycles. The first kappa shape index (κ1) is 20.0. The smallest absolute Gasteiger partial charge is 0.416 e. The lowest BCUT2D eigenvalue weighted by Gasteiger charge is -2.20. The standard InChI is InChI=1S/C20H22F3NO2/c1-14(10-11-16-8-5-9-17(12-16)20(21,22)23)24-18(19(25)26)13-15-6-3-2-4-7-15/h2-9,12,14,18,24H,10-11,13H2,1H3,(H,25,26)/t14?,18-/m1/s1. The molecule has 140 valence electrons. The number of halogens is 3. The van der Waals surface area contributed by atoms with Crippen LogP contribution in [0.4, 0.5) is 13.2 Å². The second-order valence-electron chi connectivity index (χ2n) is 6.39. The highest BCUT2D eigenvalue weighted by Gasteiger charge is 2.30. The van der Waals surface area contributed by atoms with Gasteiger partial charge in [-0.05, 0) is 43.4 Å². The normalized spacial score (nSPS) is 14.0. The number of hydrogen-bond donors (Lipinski definition) is 2. The summed E-state index contributed by atoms with van der Waals surface area (Å²) in [5.41, 5.74) is 0.837. The summed E-state index contributed by atoms with van der Waals surface area (Å²) < 4.78 is 38.3. The fourth-order valence-electron chi connectivity index (χ4n) is 2.78. The maximum absolute atomic E-state index is 12.8. The number of carboxylic acid groups (broad SMARTS) is 1. The molecule has 0 aliphatic rings. The zero-order chi connectivity index (χ0) is 19.2. The molecule has 2 atom stereocenters. The number of rotatable bonds is 8. The maximum Gasteiger partial charge on any atom is 0.416 e. The van der Waals surface area contributed by atoms with E-state index in [9.17, 15) is 23.1 Å². The van der Waals surface area contributed by atoms with Crippen LogP contribution in [0, 0.1) is 0 Å². The topological polar surface area (TPSA) is 49.3 Å². The van der Waals surface area contributed by atoms with Gasteiger partial charge in [-0.15, -0.1) is 0 Å². The van der Waals surface area contributed by atoms with Crippen molar-refractivity contribution in [1.29, 1.82) is 0 Å². The van der Waals surface area contributed by atoms with Crippen LogP contribution in [0.5, 0.6) is 0 Å². The maximum atomic E-state index is 12.8. The molecule has 1 unspecified atom stereocenters. The van der Waals surface area contributed by atoms with Gasteiger partial charge in [-0.2, -0.15) is 13.2 Å².